The molecule has 0 bridgehead atoms. The van der Waals surface area contributed by atoms with Gasteiger partial charge < -0.3 is 4.74 Å². The van der Waals surface area contributed by atoms with Crippen LogP contribution in [0, 0.1) is 0 Å². The van der Waals surface area contributed by atoms with E-state index >= 15 is 0 Å². The number of hydrogen-bond acceptors (Lipinski definition) is 3. The van der Waals surface area contributed by atoms with E-state index in [2.05, 4.69) is 0 Å². The van der Waals surface area contributed by atoms with Gasteiger partial charge in [-0.1, -0.05) is 0 Å². The van der Waals surface area contributed by atoms with E-state index < -0.39 is 0 Å². The van der Waals surface area contributed by atoms with Crippen LogP contribution in [0.4, 0.5) is 0 Å². The summed E-state index contributed by atoms with van der Waals surface area (Å²) in [6.07, 6.45) is 0.880. The molecule has 2 rings (SSSR count). The number of carbonyl (C=O) groups excluding carboxylic acids is 1. The van der Waals surface area contributed by atoms with E-state index in [0.717, 1.165) is 16.9 Å². The van der Waals surface area contributed by atoms with Gasteiger partial charge in [-0.05, 0) is 17.0 Å². The van der Waals surface area contributed by atoms with Crippen molar-refractivity contribution in [2.24, 2.45) is 0 Å². The third-order valence-corrected chi connectivity index (χ3v) is 2.47. The van der Waals surface area contributed by atoms with Crippen LogP contribution in [0.25, 0.3) is 0 Å². The molecule has 1 aromatic rings. The SMILES string of the molecule is O=C1OCCc2ccsc21. The van der Waals surface area contributed by atoms with Gasteiger partial charge in [-0.3, -0.25) is 0 Å². The number of thiophene rings is 1. The second-order valence-corrected chi connectivity index (χ2v) is 3.08. The lowest BCUT2D eigenvalue weighted by Crippen LogP contribution is -2.14. The first-order valence-corrected chi connectivity index (χ1v) is 3.99. The van der Waals surface area contributed by atoms with Crippen LogP contribution in [0.2, 0.25) is 0 Å². The fourth-order valence-corrected chi connectivity index (χ4v) is 1.88. The molecule has 0 radical (unpaired) electrons. The zero-order valence-electron chi connectivity index (χ0n) is 5.29. The zero-order valence-corrected chi connectivity index (χ0v) is 6.11. The van der Waals surface area contributed by atoms with Gasteiger partial charge in [-0.2, -0.15) is 0 Å². The van der Waals surface area contributed by atoms with Crippen LogP contribution in [0.5, 0.6) is 0 Å². The van der Waals surface area contributed by atoms with Crippen LogP contribution in [0.1, 0.15) is 15.2 Å². The molecule has 0 saturated heterocycles. The lowest BCUT2D eigenvalue weighted by Gasteiger charge is -2.09. The molecule has 1 aliphatic rings. The average molecular weight is 154 g/mol. The van der Waals surface area contributed by atoms with Crippen molar-refractivity contribution in [3.63, 3.8) is 0 Å². The van der Waals surface area contributed by atoms with Crippen molar-refractivity contribution < 1.29 is 9.53 Å². The third kappa shape index (κ3) is 0.743. The van der Waals surface area contributed by atoms with Crippen molar-refractivity contribution in [3.05, 3.63) is 21.9 Å². The van der Waals surface area contributed by atoms with Crippen molar-refractivity contribution in [1.29, 1.82) is 0 Å². The molecule has 2 nitrogen and oxygen atoms in total. The monoisotopic (exact) mass is 154 g/mol. The van der Waals surface area contributed by atoms with Crippen LogP contribution < -0.4 is 0 Å². The topological polar surface area (TPSA) is 26.3 Å². The fraction of sp³-hybridized carbons (Fsp3) is 0.286. The summed E-state index contributed by atoms with van der Waals surface area (Å²) in [6, 6.07) is 1.99. The van der Waals surface area contributed by atoms with E-state index in [-0.39, 0.29) is 5.97 Å². The summed E-state index contributed by atoms with van der Waals surface area (Å²) in [5.41, 5.74) is 1.14. The molecule has 0 fully saturated rings. The highest BCUT2D eigenvalue weighted by Crippen LogP contribution is 2.21. The van der Waals surface area contributed by atoms with Crippen LogP contribution >= 0.6 is 11.3 Å². The highest BCUT2D eigenvalue weighted by Gasteiger charge is 2.18. The molecule has 2 heterocycles. The van der Waals surface area contributed by atoms with E-state index in [1.165, 1.54) is 11.3 Å². The number of esters is 1. The fourth-order valence-electron chi connectivity index (χ4n) is 1.03. The lowest BCUT2D eigenvalue weighted by molar-refractivity contribution is 0.0488. The van der Waals surface area contributed by atoms with Gasteiger partial charge in [-0.25, -0.2) is 4.79 Å². The highest BCUT2D eigenvalue weighted by molar-refractivity contribution is 7.12. The van der Waals surface area contributed by atoms with Gasteiger partial charge in [-0.15, -0.1) is 11.3 Å². The molecule has 0 spiro atoms. The molecule has 0 atom stereocenters. The van der Waals surface area contributed by atoms with E-state index in [1.54, 1.807) is 0 Å². The third-order valence-electron chi connectivity index (χ3n) is 1.54. The number of rotatable bonds is 0. The summed E-state index contributed by atoms with van der Waals surface area (Å²) in [6.45, 7) is 0.544. The molecule has 1 aromatic heterocycles. The van der Waals surface area contributed by atoms with Gasteiger partial charge >= 0.3 is 5.97 Å². The van der Waals surface area contributed by atoms with Crippen molar-refractivity contribution in [3.8, 4) is 0 Å². The molecule has 0 unspecified atom stereocenters. The maximum atomic E-state index is 10.9. The van der Waals surface area contributed by atoms with Crippen molar-refractivity contribution >= 4 is 17.3 Å². The molecular formula is C7H6O2S. The molecule has 0 saturated carbocycles. The molecule has 10 heavy (non-hydrogen) atoms. The normalized spacial score (nSPS) is 16.2. The van der Waals surface area contributed by atoms with E-state index in [4.69, 9.17) is 4.74 Å². The zero-order chi connectivity index (χ0) is 6.97. The summed E-state index contributed by atoms with van der Waals surface area (Å²) in [5.74, 6) is -0.156. The quantitative estimate of drug-likeness (QED) is 0.529. The number of ether oxygens (including phenoxy) is 1. The largest absolute Gasteiger partial charge is 0.461 e. The number of cyclic esters (lactones) is 1. The molecule has 1 aliphatic heterocycles. The lowest BCUT2D eigenvalue weighted by atomic mass is 10.2. The summed E-state index contributed by atoms with van der Waals surface area (Å²) >= 11 is 1.46. The Morgan fingerprint density at radius 2 is 2.50 bits per heavy atom. The molecule has 0 N–H and O–H groups in total. The summed E-state index contributed by atoms with van der Waals surface area (Å²) < 4.78 is 4.83. The Morgan fingerprint density at radius 1 is 1.60 bits per heavy atom. The highest BCUT2D eigenvalue weighted by atomic mass is 32.1. The first-order chi connectivity index (χ1) is 4.88. The number of fused-ring (bicyclic) bond motifs is 1. The van der Waals surface area contributed by atoms with Crippen LogP contribution in [-0.4, -0.2) is 12.6 Å². The first kappa shape index (κ1) is 5.92. The Kier molecular flexibility index (Phi) is 1.24. The van der Waals surface area contributed by atoms with Gasteiger partial charge in [0, 0.05) is 6.42 Å². The molecule has 0 aliphatic carbocycles. The molecule has 3 heteroatoms. The Bertz CT molecular complexity index is 264. The van der Waals surface area contributed by atoms with Crippen LogP contribution in [-0.2, 0) is 11.2 Å². The Hall–Kier alpha value is -0.830. The first-order valence-electron chi connectivity index (χ1n) is 3.11. The standard InChI is InChI=1S/C7H6O2S/c8-7-6-5(1-3-9-7)2-4-10-6/h2,4H,1,3H2. The van der Waals surface area contributed by atoms with Crippen LogP contribution in [0.3, 0.4) is 0 Å². The Labute approximate surface area is 62.4 Å². The second-order valence-electron chi connectivity index (χ2n) is 2.16. The van der Waals surface area contributed by atoms with Crippen LogP contribution in [0.15, 0.2) is 11.4 Å². The maximum Gasteiger partial charge on any atom is 0.348 e. The van der Waals surface area contributed by atoms with Crippen molar-refractivity contribution in [2.75, 3.05) is 6.61 Å². The minimum atomic E-state index is -0.156. The van der Waals surface area contributed by atoms with E-state index in [9.17, 15) is 4.79 Å². The van der Waals surface area contributed by atoms with E-state index in [0.29, 0.717) is 6.61 Å². The van der Waals surface area contributed by atoms with Gasteiger partial charge in [0.05, 0.1) is 6.61 Å². The Morgan fingerprint density at radius 3 is 3.30 bits per heavy atom. The molecule has 0 aromatic carbocycles. The van der Waals surface area contributed by atoms with Gasteiger partial charge in [0.2, 0.25) is 0 Å². The molecular weight excluding hydrogens is 148 g/mol. The second kappa shape index (κ2) is 2.09. The summed E-state index contributed by atoms with van der Waals surface area (Å²) in [4.78, 5) is 11.7. The van der Waals surface area contributed by atoms with E-state index in [1.807, 2.05) is 11.4 Å². The van der Waals surface area contributed by atoms with Gasteiger partial charge in [0.15, 0.2) is 0 Å². The summed E-state index contributed by atoms with van der Waals surface area (Å²) in [5, 5.41) is 1.93. The van der Waals surface area contributed by atoms with Crippen molar-refractivity contribution in [1.82, 2.24) is 0 Å². The van der Waals surface area contributed by atoms with Crippen molar-refractivity contribution in [2.45, 2.75) is 6.42 Å². The summed E-state index contributed by atoms with van der Waals surface area (Å²) in [7, 11) is 0. The minimum Gasteiger partial charge on any atom is -0.461 e. The maximum absolute atomic E-state index is 10.9. The molecule has 0 amide bonds. The average Bonchev–Trinajstić information content (AvgIpc) is 2.36. The smallest absolute Gasteiger partial charge is 0.348 e. The number of carbonyl (C=O) groups is 1. The predicted octanol–water partition coefficient (Wildman–Crippen LogP) is 1.46. The predicted molar refractivity (Wildman–Crippen MR) is 38.3 cm³/mol. The number of hydrogen-bond donors (Lipinski definition) is 0. The minimum absolute atomic E-state index is 0.156. The van der Waals surface area contributed by atoms with Gasteiger partial charge in [0.25, 0.3) is 0 Å². The molecule has 52 valence electrons. The Balaban J connectivity index is 2.50. The van der Waals surface area contributed by atoms with Gasteiger partial charge in [0.1, 0.15) is 4.88 Å².